The van der Waals surface area contributed by atoms with Gasteiger partial charge in [-0.25, -0.2) is 0 Å². The molecule has 2 fully saturated rings. The SMILES string of the molecule is CC(CC(=O)N(C)C1CCN(c2ccccc2)C1=O)C1CCNCC1.Cl. The summed E-state index contributed by atoms with van der Waals surface area (Å²) in [5.74, 6) is 1.12. The summed E-state index contributed by atoms with van der Waals surface area (Å²) in [6.07, 6.45) is 3.53. The molecule has 1 N–H and O–H groups in total. The summed E-state index contributed by atoms with van der Waals surface area (Å²) in [7, 11) is 1.79. The van der Waals surface area contributed by atoms with E-state index in [0.717, 1.165) is 31.6 Å². The molecule has 3 rings (SSSR count). The molecule has 2 amide bonds. The monoisotopic (exact) mass is 379 g/mol. The molecule has 1 aromatic rings. The van der Waals surface area contributed by atoms with Crippen LogP contribution in [0.2, 0.25) is 0 Å². The van der Waals surface area contributed by atoms with Crippen molar-refractivity contribution in [2.24, 2.45) is 11.8 Å². The number of para-hydroxylation sites is 1. The number of halogens is 1. The van der Waals surface area contributed by atoms with Crippen LogP contribution in [0.4, 0.5) is 5.69 Å². The second kappa shape index (κ2) is 9.38. The summed E-state index contributed by atoms with van der Waals surface area (Å²) < 4.78 is 0. The van der Waals surface area contributed by atoms with Crippen LogP contribution in [0, 0.1) is 11.8 Å². The van der Waals surface area contributed by atoms with Crippen LogP contribution in [-0.2, 0) is 9.59 Å². The van der Waals surface area contributed by atoms with Crippen LogP contribution in [-0.4, -0.2) is 49.4 Å². The molecule has 1 aromatic carbocycles. The lowest BCUT2D eigenvalue weighted by Crippen LogP contribution is -2.44. The molecule has 2 saturated heterocycles. The maximum atomic E-state index is 12.8. The van der Waals surface area contributed by atoms with Crippen molar-refractivity contribution in [2.45, 2.75) is 38.6 Å². The largest absolute Gasteiger partial charge is 0.334 e. The number of likely N-dealkylation sites (N-methyl/N-ethyl adjacent to an activating group) is 1. The third-order valence-corrected chi connectivity index (χ3v) is 5.79. The summed E-state index contributed by atoms with van der Waals surface area (Å²) in [5.41, 5.74) is 0.916. The Bertz CT molecular complexity index is 604. The number of amides is 2. The van der Waals surface area contributed by atoms with Gasteiger partial charge in [0.15, 0.2) is 0 Å². The standard InChI is InChI=1S/C20H29N3O2.ClH/c1-15(16-8-11-21-12-9-16)14-19(24)22(2)18-10-13-23(20(18)25)17-6-4-3-5-7-17;/h3-7,15-16,18,21H,8-14H2,1-2H3;1H. The Morgan fingerprint density at radius 3 is 2.54 bits per heavy atom. The fraction of sp³-hybridized carbons (Fsp3) is 0.600. The van der Waals surface area contributed by atoms with E-state index >= 15 is 0 Å². The molecule has 0 saturated carbocycles. The van der Waals surface area contributed by atoms with Crippen molar-refractivity contribution < 1.29 is 9.59 Å². The number of rotatable bonds is 5. The zero-order chi connectivity index (χ0) is 17.8. The summed E-state index contributed by atoms with van der Waals surface area (Å²) in [6, 6.07) is 9.38. The molecule has 2 unspecified atom stereocenters. The van der Waals surface area contributed by atoms with Gasteiger partial charge in [-0.15, -0.1) is 12.4 Å². The van der Waals surface area contributed by atoms with Crippen molar-refractivity contribution in [2.75, 3.05) is 31.6 Å². The van der Waals surface area contributed by atoms with Gasteiger partial charge in [-0.2, -0.15) is 0 Å². The molecule has 26 heavy (non-hydrogen) atoms. The summed E-state index contributed by atoms with van der Waals surface area (Å²) in [4.78, 5) is 29.0. The number of hydrogen-bond acceptors (Lipinski definition) is 3. The number of piperidine rings is 1. The average Bonchev–Trinajstić information content (AvgIpc) is 3.03. The number of benzene rings is 1. The molecule has 0 aliphatic carbocycles. The van der Waals surface area contributed by atoms with Crippen molar-refractivity contribution in [3.05, 3.63) is 30.3 Å². The van der Waals surface area contributed by atoms with Crippen molar-refractivity contribution in [1.82, 2.24) is 10.2 Å². The predicted octanol–water partition coefficient (Wildman–Crippen LogP) is 2.70. The predicted molar refractivity (Wildman–Crippen MR) is 107 cm³/mol. The first kappa shape index (κ1) is 20.7. The van der Waals surface area contributed by atoms with E-state index in [1.807, 2.05) is 30.3 Å². The molecule has 2 aliphatic heterocycles. The quantitative estimate of drug-likeness (QED) is 0.855. The van der Waals surface area contributed by atoms with Crippen LogP contribution in [0.3, 0.4) is 0 Å². The van der Waals surface area contributed by atoms with Crippen LogP contribution >= 0.6 is 12.4 Å². The van der Waals surface area contributed by atoms with Crippen molar-refractivity contribution >= 4 is 29.9 Å². The lowest BCUT2D eigenvalue weighted by atomic mass is 9.84. The smallest absolute Gasteiger partial charge is 0.249 e. The number of hydrogen-bond donors (Lipinski definition) is 1. The van der Waals surface area contributed by atoms with Gasteiger partial charge < -0.3 is 15.1 Å². The van der Waals surface area contributed by atoms with Crippen LogP contribution in [0.5, 0.6) is 0 Å². The van der Waals surface area contributed by atoms with E-state index in [4.69, 9.17) is 0 Å². The molecule has 2 aliphatic rings. The van der Waals surface area contributed by atoms with Crippen LogP contribution in [0.1, 0.15) is 32.6 Å². The first-order valence-corrected chi connectivity index (χ1v) is 9.40. The first-order valence-electron chi connectivity index (χ1n) is 9.40. The normalized spacial score (nSPS) is 22.0. The number of nitrogens with zero attached hydrogens (tertiary/aromatic N) is 2. The molecule has 2 atom stereocenters. The zero-order valence-corrected chi connectivity index (χ0v) is 16.5. The maximum Gasteiger partial charge on any atom is 0.249 e. The highest BCUT2D eigenvalue weighted by Crippen LogP contribution is 2.27. The molecule has 0 bridgehead atoms. The minimum absolute atomic E-state index is 0. The minimum Gasteiger partial charge on any atom is -0.334 e. The molecule has 0 radical (unpaired) electrons. The average molecular weight is 380 g/mol. The summed E-state index contributed by atoms with van der Waals surface area (Å²) in [5, 5.41) is 3.37. The van der Waals surface area contributed by atoms with Gasteiger partial charge in [0, 0.05) is 25.7 Å². The third-order valence-electron chi connectivity index (χ3n) is 5.79. The Labute approximate surface area is 162 Å². The minimum atomic E-state index is -0.326. The molecular formula is C20H30ClN3O2. The Hall–Kier alpha value is -1.59. The number of nitrogens with one attached hydrogen (secondary N) is 1. The highest BCUT2D eigenvalue weighted by molar-refractivity contribution is 6.01. The van der Waals surface area contributed by atoms with Gasteiger partial charge in [-0.3, -0.25) is 9.59 Å². The fourth-order valence-electron chi connectivity index (χ4n) is 4.06. The van der Waals surface area contributed by atoms with E-state index in [1.165, 1.54) is 0 Å². The zero-order valence-electron chi connectivity index (χ0n) is 15.7. The lowest BCUT2D eigenvalue weighted by molar-refractivity contribution is -0.137. The maximum absolute atomic E-state index is 12.8. The van der Waals surface area contributed by atoms with Gasteiger partial charge in [0.05, 0.1) is 0 Å². The van der Waals surface area contributed by atoms with Gasteiger partial charge in [-0.05, 0) is 56.3 Å². The highest BCUT2D eigenvalue weighted by atomic mass is 35.5. The molecule has 2 heterocycles. The van der Waals surface area contributed by atoms with E-state index in [0.29, 0.717) is 31.2 Å². The molecule has 144 valence electrons. The second-order valence-electron chi connectivity index (χ2n) is 7.40. The number of anilines is 1. The summed E-state index contributed by atoms with van der Waals surface area (Å²) in [6.45, 7) is 4.95. The number of carbonyl (C=O) groups excluding carboxylic acids is 2. The topological polar surface area (TPSA) is 52.7 Å². The van der Waals surface area contributed by atoms with E-state index in [-0.39, 0.29) is 30.3 Å². The Kier molecular flexibility index (Phi) is 7.47. The van der Waals surface area contributed by atoms with Crippen LogP contribution in [0.15, 0.2) is 30.3 Å². The molecule has 0 spiro atoms. The second-order valence-corrected chi connectivity index (χ2v) is 7.40. The Morgan fingerprint density at radius 2 is 1.88 bits per heavy atom. The van der Waals surface area contributed by atoms with E-state index < -0.39 is 0 Å². The fourth-order valence-corrected chi connectivity index (χ4v) is 4.06. The van der Waals surface area contributed by atoms with Crippen molar-refractivity contribution in [3.63, 3.8) is 0 Å². The first-order chi connectivity index (χ1) is 12.1. The van der Waals surface area contributed by atoms with Crippen LogP contribution in [0.25, 0.3) is 0 Å². The summed E-state index contributed by atoms with van der Waals surface area (Å²) >= 11 is 0. The van der Waals surface area contributed by atoms with Crippen LogP contribution < -0.4 is 10.2 Å². The van der Waals surface area contributed by atoms with Gasteiger partial charge in [0.2, 0.25) is 11.8 Å². The van der Waals surface area contributed by atoms with E-state index in [1.54, 1.807) is 16.8 Å². The number of carbonyl (C=O) groups is 2. The van der Waals surface area contributed by atoms with Crippen molar-refractivity contribution in [1.29, 1.82) is 0 Å². The molecule has 6 heteroatoms. The van der Waals surface area contributed by atoms with E-state index in [9.17, 15) is 9.59 Å². The third kappa shape index (κ3) is 4.57. The van der Waals surface area contributed by atoms with E-state index in [2.05, 4.69) is 12.2 Å². The van der Waals surface area contributed by atoms with Gasteiger partial charge >= 0.3 is 0 Å². The Morgan fingerprint density at radius 1 is 1.23 bits per heavy atom. The lowest BCUT2D eigenvalue weighted by Gasteiger charge is -2.30. The molecular weight excluding hydrogens is 350 g/mol. The molecule has 5 nitrogen and oxygen atoms in total. The highest BCUT2D eigenvalue weighted by Gasteiger charge is 2.37. The van der Waals surface area contributed by atoms with Gasteiger partial charge in [-0.1, -0.05) is 25.1 Å². The van der Waals surface area contributed by atoms with Gasteiger partial charge in [0.1, 0.15) is 6.04 Å². The van der Waals surface area contributed by atoms with Crippen molar-refractivity contribution in [3.8, 4) is 0 Å². The van der Waals surface area contributed by atoms with Gasteiger partial charge in [0.25, 0.3) is 0 Å². The molecule has 0 aromatic heterocycles. The Balaban J connectivity index is 0.00000243.